The molecule has 2 heteroatoms. The quantitative estimate of drug-likeness (QED) is 0.489. The largest absolute Gasteiger partial charge is 0.315 e. The zero-order chi connectivity index (χ0) is 5.82. The lowest BCUT2D eigenvalue weighted by atomic mass is 10.1. The number of aliphatic imine (C=N–C) groups is 1. The Labute approximate surface area is 50.0 Å². The molecule has 0 amide bonds. The third-order valence-electron chi connectivity index (χ3n) is 1.53. The minimum Gasteiger partial charge on any atom is -0.315 e. The van der Waals surface area contributed by atoms with E-state index in [2.05, 4.69) is 17.0 Å². The molecule has 1 atom stereocenters. The summed E-state index contributed by atoms with van der Waals surface area (Å²) in [6, 6.07) is 0.490. The van der Waals surface area contributed by atoms with Gasteiger partial charge in [-0.05, 0) is 26.1 Å². The molecule has 0 aromatic heterocycles. The van der Waals surface area contributed by atoms with Gasteiger partial charge in [-0.1, -0.05) is 0 Å². The second kappa shape index (κ2) is 2.82. The van der Waals surface area contributed by atoms with E-state index in [0.717, 1.165) is 13.1 Å². The molecule has 1 fully saturated rings. The number of rotatable bonds is 1. The third-order valence-corrected chi connectivity index (χ3v) is 1.53. The first kappa shape index (κ1) is 5.76. The van der Waals surface area contributed by atoms with Crippen LogP contribution in [0.3, 0.4) is 0 Å². The molecule has 0 unspecified atom stereocenters. The van der Waals surface area contributed by atoms with Gasteiger partial charge in [-0.3, -0.25) is 4.99 Å². The van der Waals surface area contributed by atoms with Crippen LogP contribution in [0.4, 0.5) is 0 Å². The van der Waals surface area contributed by atoms with Gasteiger partial charge in [0.2, 0.25) is 0 Å². The van der Waals surface area contributed by atoms with Gasteiger partial charge in [0.15, 0.2) is 0 Å². The summed E-state index contributed by atoms with van der Waals surface area (Å²) in [5.74, 6) is 0. The average Bonchev–Trinajstić information content (AvgIpc) is 1.90. The Morgan fingerprint density at radius 3 is 2.88 bits per heavy atom. The Kier molecular flexibility index (Phi) is 2.03. The van der Waals surface area contributed by atoms with Crippen LogP contribution in [-0.4, -0.2) is 25.8 Å². The van der Waals surface area contributed by atoms with Crippen LogP contribution >= 0.6 is 0 Å². The van der Waals surface area contributed by atoms with Gasteiger partial charge in [0.1, 0.15) is 0 Å². The summed E-state index contributed by atoms with van der Waals surface area (Å²) in [7, 11) is 0. The van der Waals surface area contributed by atoms with Gasteiger partial charge in [-0.15, -0.1) is 0 Å². The Balaban J connectivity index is 2.22. The molecule has 0 aromatic carbocycles. The summed E-state index contributed by atoms with van der Waals surface area (Å²) in [5.41, 5.74) is 0. The van der Waals surface area contributed by atoms with Crippen LogP contribution < -0.4 is 5.32 Å². The minimum atomic E-state index is 0.490. The van der Waals surface area contributed by atoms with Crippen LogP contribution in [0, 0.1) is 0 Å². The fraction of sp³-hybridized carbons (Fsp3) is 0.833. The summed E-state index contributed by atoms with van der Waals surface area (Å²) in [6.07, 6.45) is 2.47. The standard InChI is InChI=1S/C6H12N2/c1-7-6-3-2-4-8-5-6/h6,8H,1-5H2/t6-/m1/s1. The van der Waals surface area contributed by atoms with Crippen LogP contribution in [0.5, 0.6) is 0 Å². The SMILES string of the molecule is C=N[C@@H]1CCCNC1. The van der Waals surface area contributed by atoms with Crippen molar-refractivity contribution in [2.45, 2.75) is 18.9 Å². The minimum absolute atomic E-state index is 0.490. The van der Waals surface area contributed by atoms with Crippen molar-refractivity contribution in [3.8, 4) is 0 Å². The molecule has 0 saturated carbocycles. The molecule has 0 radical (unpaired) electrons. The van der Waals surface area contributed by atoms with Crippen molar-refractivity contribution in [1.82, 2.24) is 5.32 Å². The molecular formula is C6H12N2. The van der Waals surface area contributed by atoms with Crippen molar-refractivity contribution < 1.29 is 0 Å². The molecule has 0 aliphatic carbocycles. The summed E-state index contributed by atoms with van der Waals surface area (Å²) < 4.78 is 0. The Morgan fingerprint density at radius 1 is 1.62 bits per heavy atom. The monoisotopic (exact) mass is 112 g/mol. The fourth-order valence-electron chi connectivity index (χ4n) is 0.989. The second-order valence-electron chi connectivity index (χ2n) is 2.18. The normalized spacial score (nSPS) is 29.8. The summed E-state index contributed by atoms with van der Waals surface area (Å²) in [5, 5.41) is 3.25. The van der Waals surface area contributed by atoms with Gasteiger partial charge in [-0.2, -0.15) is 0 Å². The maximum atomic E-state index is 3.94. The van der Waals surface area contributed by atoms with Gasteiger partial charge in [-0.25, -0.2) is 0 Å². The molecule has 1 heterocycles. The number of hydrogen-bond acceptors (Lipinski definition) is 2. The molecule has 46 valence electrons. The molecule has 1 N–H and O–H groups in total. The molecule has 0 aromatic rings. The third kappa shape index (κ3) is 1.30. The van der Waals surface area contributed by atoms with Crippen LogP contribution in [-0.2, 0) is 0 Å². The molecule has 1 aliphatic heterocycles. The van der Waals surface area contributed by atoms with Crippen LogP contribution in [0.15, 0.2) is 4.99 Å². The first-order valence-corrected chi connectivity index (χ1v) is 3.10. The van der Waals surface area contributed by atoms with E-state index in [0.29, 0.717) is 6.04 Å². The van der Waals surface area contributed by atoms with Crippen molar-refractivity contribution in [2.75, 3.05) is 13.1 Å². The maximum absolute atomic E-state index is 3.94. The number of hydrogen-bond donors (Lipinski definition) is 1. The predicted octanol–water partition coefficient (Wildman–Crippen LogP) is 0.439. The highest BCUT2D eigenvalue weighted by Gasteiger charge is 2.08. The van der Waals surface area contributed by atoms with Gasteiger partial charge in [0, 0.05) is 6.54 Å². The molecule has 2 nitrogen and oxygen atoms in total. The van der Waals surface area contributed by atoms with E-state index in [4.69, 9.17) is 0 Å². The van der Waals surface area contributed by atoms with Crippen molar-refractivity contribution in [1.29, 1.82) is 0 Å². The zero-order valence-corrected chi connectivity index (χ0v) is 5.06. The summed E-state index contributed by atoms with van der Waals surface area (Å²) in [4.78, 5) is 3.94. The van der Waals surface area contributed by atoms with E-state index in [1.807, 2.05) is 0 Å². The molecule has 8 heavy (non-hydrogen) atoms. The summed E-state index contributed by atoms with van der Waals surface area (Å²) >= 11 is 0. The number of nitrogens with one attached hydrogen (secondary N) is 1. The van der Waals surface area contributed by atoms with Crippen molar-refractivity contribution in [2.24, 2.45) is 4.99 Å². The highest BCUT2D eigenvalue weighted by Crippen LogP contribution is 2.03. The van der Waals surface area contributed by atoms with Crippen LogP contribution in [0.1, 0.15) is 12.8 Å². The summed E-state index contributed by atoms with van der Waals surface area (Å²) in [6.45, 7) is 5.68. The highest BCUT2D eigenvalue weighted by atomic mass is 14.9. The van der Waals surface area contributed by atoms with Gasteiger partial charge in [0.25, 0.3) is 0 Å². The average molecular weight is 112 g/mol. The lowest BCUT2D eigenvalue weighted by Crippen LogP contribution is -2.32. The van der Waals surface area contributed by atoms with E-state index in [9.17, 15) is 0 Å². The smallest absolute Gasteiger partial charge is 0.0617 e. The van der Waals surface area contributed by atoms with Crippen molar-refractivity contribution in [3.63, 3.8) is 0 Å². The van der Waals surface area contributed by atoms with Crippen molar-refractivity contribution in [3.05, 3.63) is 0 Å². The van der Waals surface area contributed by atoms with E-state index < -0.39 is 0 Å². The van der Waals surface area contributed by atoms with Crippen molar-refractivity contribution >= 4 is 6.72 Å². The van der Waals surface area contributed by atoms with E-state index in [-0.39, 0.29) is 0 Å². The molecule has 1 aliphatic rings. The van der Waals surface area contributed by atoms with Crippen LogP contribution in [0.25, 0.3) is 0 Å². The zero-order valence-electron chi connectivity index (χ0n) is 5.06. The molecule has 1 saturated heterocycles. The molecule has 1 rings (SSSR count). The lowest BCUT2D eigenvalue weighted by molar-refractivity contribution is 0.462. The Hall–Kier alpha value is -0.370. The first-order chi connectivity index (χ1) is 3.93. The van der Waals surface area contributed by atoms with Gasteiger partial charge < -0.3 is 5.32 Å². The van der Waals surface area contributed by atoms with Gasteiger partial charge in [0.05, 0.1) is 6.04 Å². The van der Waals surface area contributed by atoms with E-state index >= 15 is 0 Å². The van der Waals surface area contributed by atoms with E-state index in [1.165, 1.54) is 12.8 Å². The first-order valence-electron chi connectivity index (χ1n) is 3.10. The molecule has 0 spiro atoms. The van der Waals surface area contributed by atoms with Crippen LogP contribution in [0.2, 0.25) is 0 Å². The topological polar surface area (TPSA) is 24.4 Å². The second-order valence-corrected chi connectivity index (χ2v) is 2.18. The molecular weight excluding hydrogens is 100 g/mol. The Bertz CT molecular complexity index is 74.6. The Morgan fingerprint density at radius 2 is 2.50 bits per heavy atom. The van der Waals surface area contributed by atoms with E-state index in [1.54, 1.807) is 0 Å². The maximum Gasteiger partial charge on any atom is 0.0617 e. The number of nitrogens with zero attached hydrogens (tertiary/aromatic N) is 1. The van der Waals surface area contributed by atoms with Gasteiger partial charge >= 0.3 is 0 Å². The number of piperidine rings is 1. The fourth-order valence-corrected chi connectivity index (χ4v) is 0.989. The predicted molar refractivity (Wildman–Crippen MR) is 35.4 cm³/mol. The lowest BCUT2D eigenvalue weighted by Gasteiger charge is -2.17. The highest BCUT2D eigenvalue weighted by molar-refractivity contribution is 5.24. The molecule has 0 bridgehead atoms.